The first-order chi connectivity index (χ1) is 39.7. The molecule has 0 N–H and O–H groups in total. The average Bonchev–Trinajstić information content (AvgIpc) is 3.54. The number of para-hydroxylation sites is 2. The lowest BCUT2D eigenvalue weighted by atomic mass is 9.97. The third kappa shape index (κ3) is 13.3. The highest BCUT2D eigenvalue weighted by Crippen LogP contribution is 2.37. The minimum absolute atomic E-state index is 1.09. The van der Waals surface area contributed by atoms with Gasteiger partial charge < -0.3 is 9.80 Å². The zero-order chi connectivity index (χ0) is 54.0. The molecule has 0 aliphatic rings. The summed E-state index contributed by atoms with van der Waals surface area (Å²) in [4.78, 5) is 4.60. The van der Waals surface area contributed by atoms with Crippen molar-refractivity contribution in [3.63, 3.8) is 0 Å². The summed E-state index contributed by atoms with van der Waals surface area (Å²) in [6.07, 6.45) is 21.7. The van der Waals surface area contributed by atoms with Gasteiger partial charge in [-0.25, -0.2) is 0 Å². The maximum Gasteiger partial charge on any atom is 0.0462 e. The summed E-state index contributed by atoms with van der Waals surface area (Å²) in [5.41, 5.74) is 20.5. The van der Waals surface area contributed by atoms with E-state index in [0.717, 1.165) is 67.5 Å². The Morgan fingerprint density at radius 2 is 0.375 bits per heavy atom. The SMILES string of the molecule is C(=Cc1ccc(N(c2ccccc2)c2ccc(C=Cc3ccc(C=Cc4ccc(N(c5ccccc5)c5ccc(C=CC=C(c6ccccc6)c6ccccc6)cc5)cc4)cc3)cc2)cc1)C=C(c1ccccc1)c1ccccc1. The Kier molecular flexibility index (Phi) is 16.8. The van der Waals surface area contributed by atoms with E-state index >= 15 is 0 Å². The van der Waals surface area contributed by atoms with Crippen molar-refractivity contribution in [1.29, 1.82) is 0 Å². The van der Waals surface area contributed by atoms with Crippen molar-refractivity contribution in [3.05, 3.63) is 383 Å². The van der Waals surface area contributed by atoms with Gasteiger partial charge in [0.25, 0.3) is 0 Å². The Morgan fingerprint density at radius 3 is 0.613 bits per heavy atom. The summed E-state index contributed by atoms with van der Waals surface area (Å²) >= 11 is 0. The fraction of sp³-hybridized carbons (Fsp3) is 0. The van der Waals surface area contributed by atoms with Crippen LogP contribution in [0.1, 0.15) is 55.6 Å². The third-order valence-corrected chi connectivity index (χ3v) is 13.9. The van der Waals surface area contributed by atoms with Gasteiger partial charge in [0.15, 0.2) is 0 Å². The molecule has 0 bridgehead atoms. The Labute approximate surface area is 472 Å². The van der Waals surface area contributed by atoms with Crippen LogP contribution in [0.25, 0.3) is 47.6 Å². The molecule has 0 heterocycles. The van der Waals surface area contributed by atoms with E-state index in [-0.39, 0.29) is 0 Å². The van der Waals surface area contributed by atoms with Gasteiger partial charge in [-0.15, -0.1) is 0 Å². The van der Waals surface area contributed by atoms with E-state index in [0.29, 0.717) is 0 Å². The number of anilines is 6. The molecule has 0 atom stereocenters. The van der Waals surface area contributed by atoms with Crippen LogP contribution >= 0.6 is 0 Å². The Balaban J connectivity index is 0.731. The van der Waals surface area contributed by atoms with Gasteiger partial charge in [-0.3, -0.25) is 0 Å². The lowest BCUT2D eigenvalue weighted by Crippen LogP contribution is -2.09. The average molecular weight is 1030 g/mol. The van der Waals surface area contributed by atoms with Crippen molar-refractivity contribution in [3.8, 4) is 0 Å². The van der Waals surface area contributed by atoms with Gasteiger partial charge >= 0.3 is 0 Å². The molecule has 0 saturated carbocycles. The van der Waals surface area contributed by atoms with Crippen molar-refractivity contribution in [2.24, 2.45) is 0 Å². The van der Waals surface area contributed by atoms with Crippen molar-refractivity contribution >= 4 is 81.7 Å². The molecule has 0 aliphatic heterocycles. The lowest BCUT2D eigenvalue weighted by Gasteiger charge is -2.25. The first kappa shape index (κ1) is 51.6. The van der Waals surface area contributed by atoms with E-state index in [9.17, 15) is 0 Å². The molecule has 382 valence electrons. The first-order valence-corrected chi connectivity index (χ1v) is 27.2. The molecule has 0 unspecified atom stereocenters. The largest absolute Gasteiger partial charge is 0.311 e. The quantitative estimate of drug-likeness (QED) is 0.0624. The molecule has 80 heavy (non-hydrogen) atoms. The van der Waals surface area contributed by atoms with Crippen LogP contribution in [0.2, 0.25) is 0 Å². The maximum absolute atomic E-state index is 2.30. The number of allylic oxidation sites excluding steroid dienone is 4. The summed E-state index contributed by atoms with van der Waals surface area (Å²) in [7, 11) is 0. The molecule has 0 aliphatic carbocycles. The number of rotatable bonds is 18. The Bertz CT molecular complexity index is 3530. The molecular weight excluding hydrogens is 965 g/mol. The monoisotopic (exact) mass is 1020 g/mol. The van der Waals surface area contributed by atoms with Crippen LogP contribution in [0.3, 0.4) is 0 Å². The zero-order valence-corrected chi connectivity index (χ0v) is 44.5. The minimum Gasteiger partial charge on any atom is -0.311 e. The van der Waals surface area contributed by atoms with Crippen LogP contribution in [-0.2, 0) is 0 Å². The highest BCUT2D eigenvalue weighted by atomic mass is 15.1. The molecule has 0 fully saturated rings. The van der Waals surface area contributed by atoms with Gasteiger partial charge in [-0.05, 0) is 140 Å². The van der Waals surface area contributed by atoms with Gasteiger partial charge in [0, 0.05) is 34.1 Å². The van der Waals surface area contributed by atoms with E-state index in [1.54, 1.807) is 0 Å². The molecule has 0 saturated heterocycles. The molecule has 11 rings (SSSR count). The summed E-state index contributed by atoms with van der Waals surface area (Å²) in [5, 5.41) is 0. The number of hydrogen-bond acceptors (Lipinski definition) is 2. The second-order valence-corrected chi connectivity index (χ2v) is 19.4. The maximum atomic E-state index is 2.30. The third-order valence-electron chi connectivity index (χ3n) is 13.9. The smallest absolute Gasteiger partial charge is 0.0462 e. The normalized spacial score (nSPS) is 11.3. The molecule has 0 spiro atoms. The van der Waals surface area contributed by atoms with Crippen LogP contribution in [0.15, 0.2) is 328 Å². The van der Waals surface area contributed by atoms with E-state index in [2.05, 4.69) is 374 Å². The molecule has 0 radical (unpaired) electrons. The second kappa shape index (κ2) is 26.0. The summed E-state index contributed by atoms with van der Waals surface area (Å²) in [6.45, 7) is 0. The van der Waals surface area contributed by atoms with E-state index in [4.69, 9.17) is 0 Å². The van der Waals surface area contributed by atoms with Crippen molar-refractivity contribution in [1.82, 2.24) is 0 Å². The fourth-order valence-corrected chi connectivity index (χ4v) is 9.79. The number of nitrogens with zero attached hydrogens (tertiary/aromatic N) is 2. The van der Waals surface area contributed by atoms with Crippen molar-refractivity contribution in [2.45, 2.75) is 0 Å². The van der Waals surface area contributed by atoms with Gasteiger partial charge in [-0.2, -0.15) is 0 Å². The van der Waals surface area contributed by atoms with Gasteiger partial charge in [-0.1, -0.05) is 291 Å². The Hall–Kier alpha value is -10.5. The molecule has 11 aromatic carbocycles. The molecule has 0 aromatic heterocycles. The van der Waals surface area contributed by atoms with Gasteiger partial charge in [0.05, 0.1) is 0 Å². The van der Waals surface area contributed by atoms with Crippen LogP contribution < -0.4 is 9.80 Å². The lowest BCUT2D eigenvalue weighted by molar-refractivity contribution is 1.28. The first-order valence-electron chi connectivity index (χ1n) is 27.2. The highest BCUT2D eigenvalue weighted by Gasteiger charge is 2.14. The second-order valence-electron chi connectivity index (χ2n) is 19.4. The zero-order valence-electron chi connectivity index (χ0n) is 44.5. The van der Waals surface area contributed by atoms with Crippen molar-refractivity contribution in [2.75, 3.05) is 9.80 Å². The van der Waals surface area contributed by atoms with Crippen LogP contribution in [0, 0.1) is 0 Å². The van der Waals surface area contributed by atoms with Crippen molar-refractivity contribution < 1.29 is 0 Å². The highest BCUT2D eigenvalue weighted by molar-refractivity contribution is 5.84. The van der Waals surface area contributed by atoms with E-state index in [1.807, 2.05) is 0 Å². The molecule has 0 amide bonds. The van der Waals surface area contributed by atoms with Gasteiger partial charge in [0.1, 0.15) is 0 Å². The molecular formula is C78H60N2. The van der Waals surface area contributed by atoms with Crippen LogP contribution in [-0.4, -0.2) is 0 Å². The molecule has 11 aromatic rings. The standard InChI is InChI=1S/C78H60N2/c1-7-23-67(24-8-1)77(68-25-9-2-10-26-68)35-19-21-61-45-53-73(54-46-61)79(71-31-15-5-16-32-71)75-57-49-65(50-58-75)43-41-63-37-39-64(40-38-63)42-44-66-51-59-76(60-52-66)80(72-33-17-6-18-34-72)74-55-47-62(48-56-74)22-20-36-78(69-27-11-3-12-28-69)70-29-13-4-14-30-70/h1-60H. The number of benzene rings is 11. The van der Waals surface area contributed by atoms with Gasteiger partial charge in [0.2, 0.25) is 0 Å². The van der Waals surface area contributed by atoms with Crippen LogP contribution in [0.4, 0.5) is 34.1 Å². The predicted molar refractivity (Wildman–Crippen MR) is 345 cm³/mol. The summed E-state index contributed by atoms with van der Waals surface area (Å²) in [5.74, 6) is 0. The molecule has 2 heteroatoms. The predicted octanol–water partition coefficient (Wildman–Crippen LogP) is 21.3. The Morgan fingerprint density at radius 1 is 0.188 bits per heavy atom. The topological polar surface area (TPSA) is 6.48 Å². The molecule has 2 nitrogen and oxygen atoms in total. The minimum atomic E-state index is 1.09. The van der Waals surface area contributed by atoms with Crippen LogP contribution in [0.5, 0.6) is 0 Å². The summed E-state index contributed by atoms with van der Waals surface area (Å²) in [6, 6.07) is 107. The number of hydrogen-bond donors (Lipinski definition) is 0. The van der Waals surface area contributed by atoms with E-state index < -0.39 is 0 Å². The summed E-state index contributed by atoms with van der Waals surface area (Å²) < 4.78 is 0. The van der Waals surface area contributed by atoms with E-state index in [1.165, 1.54) is 33.4 Å². The fourth-order valence-electron chi connectivity index (χ4n) is 9.79.